The van der Waals surface area contributed by atoms with Gasteiger partial charge in [0, 0.05) is 19.7 Å². The Bertz CT molecular complexity index is 1100. The minimum atomic E-state index is -3.84. The summed E-state index contributed by atoms with van der Waals surface area (Å²) < 4.78 is 36.9. The molecule has 2 aromatic carbocycles. The normalized spacial score (nSPS) is 11.9. The first kappa shape index (κ1) is 27.0. The minimum Gasteiger partial charge on any atom is -0.493 e. The number of likely N-dealkylation sites (N-methyl/N-ethyl adjacent to an activating group) is 1. The molecule has 0 aliphatic heterocycles. The third kappa shape index (κ3) is 6.63. The van der Waals surface area contributed by atoms with Gasteiger partial charge in [-0.25, -0.2) is 8.42 Å². The van der Waals surface area contributed by atoms with E-state index in [1.165, 1.54) is 38.3 Å². The molecule has 0 bridgehead atoms. The van der Waals surface area contributed by atoms with E-state index in [1.54, 1.807) is 13.0 Å². The zero-order valence-corrected chi connectivity index (χ0v) is 21.3. The van der Waals surface area contributed by atoms with Gasteiger partial charge < -0.3 is 19.7 Å². The van der Waals surface area contributed by atoms with Gasteiger partial charge in [-0.1, -0.05) is 36.8 Å². The number of nitrogens with zero attached hydrogens (tertiary/aromatic N) is 2. The maximum Gasteiger partial charge on any atom is 0.244 e. The van der Waals surface area contributed by atoms with E-state index in [0.717, 1.165) is 21.7 Å². The van der Waals surface area contributed by atoms with Crippen LogP contribution in [0.15, 0.2) is 42.5 Å². The van der Waals surface area contributed by atoms with Crippen LogP contribution < -0.4 is 19.1 Å². The van der Waals surface area contributed by atoms with Crippen molar-refractivity contribution in [2.75, 3.05) is 38.4 Å². The maximum absolute atomic E-state index is 13.5. The third-order valence-corrected chi connectivity index (χ3v) is 6.58. The molecule has 0 saturated heterocycles. The Morgan fingerprint density at radius 3 is 2.15 bits per heavy atom. The maximum atomic E-state index is 13.5. The van der Waals surface area contributed by atoms with Crippen LogP contribution in [-0.2, 0) is 26.2 Å². The average Bonchev–Trinajstić information content (AvgIpc) is 2.82. The summed E-state index contributed by atoms with van der Waals surface area (Å²) in [5, 5.41) is 2.59. The van der Waals surface area contributed by atoms with Gasteiger partial charge in [-0.05, 0) is 31.0 Å². The molecule has 10 heteroatoms. The fourth-order valence-corrected chi connectivity index (χ4v) is 4.41. The first-order valence-corrected chi connectivity index (χ1v) is 12.7. The molecular weight excluding hydrogens is 458 g/mol. The molecule has 186 valence electrons. The highest BCUT2D eigenvalue weighted by Gasteiger charge is 2.31. The van der Waals surface area contributed by atoms with Gasteiger partial charge in [0.05, 0.1) is 26.2 Å². The Kier molecular flexibility index (Phi) is 9.31. The van der Waals surface area contributed by atoms with Crippen LogP contribution >= 0.6 is 0 Å². The van der Waals surface area contributed by atoms with Gasteiger partial charge in [-0.3, -0.25) is 13.9 Å². The molecular formula is C24H33N3O6S. The highest BCUT2D eigenvalue weighted by Crippen LogP contribution is 2.32. The summed E-state index contributed by atoms with van der Waals surface area (Å²) in [4.78, 5) is 27.5. The highest BCUT2D eigenvalue weighted by atomic mass is 32.2. The van der Waals surface area contributed by atoms with Crippen molar-refractivity contribution in [1.82, 2.24) is 10.2 Å². The Labute approximate surface area is 201 Å². The van der Waals surface area contributed by atoms with Gasteiger partial charge in [0.25, 0.3) is 0 Å². The van der Waals surface area contributed by atoms with E-state index < -0.39 is 28.5 Å². The molecule has 0 aromatic heterocycles. The quantitative estimate of drug-likeness (QED) is 0.517. The fourth-order valence-electron chi connectivity index (χ4n) is 3.57. The molecule has 9 nitrogen and oxygen atoms in total. The standard InChI is InChI=1S/C24H33N3O6S/c1-7-20(24(29)25-3)26(15-18-10-8-17(2)9-11-18)23(28)16-27(34(6,30)31)19-12-13-21(32-4)22(14-19)33-5/h8-14,20H,7,15-16H2,1-6H3,(H,25,29). The predicted octanol–water partition coefficient (Wildman–Crippen LogP) is 2.33. The van der Waals surface area contributed by atoms with Gasteiger partial charge >= 0.3 is 0 Å². The van der Waals surface area contributed by atoms with Gasteiger partial charge in [0.1, 0.15) is 12.6 Å². The first-order valence-electron chi connectivity index (χ1n) is 10.8. The summed E-state index contributed by atoms with van der Waals surface area (Å²) in [5.74, 6) is -0.0664. The summed E-state index contributed by atoms with van der Waals surface area (Å²) in [6, 6.07) is 11.5. The van der Waals surface area contributed by atoms with Crippen molar-refractivity contribution in [3.05, 3.63) is 53.6 Å². The molecule has 0 spiro atoms. The van der Waals surface area contributed by atoms with Crippen molar-refractivity contribution in [1.29, 1.82) is 0 Å². The number of ether oxygens (including phenoxy) is 2. The number of nitrogens with one attached hydrogen (secondary N) is 1. The summed E-state index contributed by atoms with van der Waals surface area (Å²) >= 11 is 0. The predicted molar refractivity (Wildman–Crippen MR) is 132 cm³/mol. The van der Waals surface area contributed by atoms with E-state index in [-0.39, 0.29) is 18.1 Å². The van der Waals surface area contributed by atoms with E-state index in [1.807, 2.05) is 31.2 Å². The topological polar surface area (TPSA) is 105 Å². The van der Waals surface area contributed by atoms with Crippen molar-refractivity contribution in [2.24, 2.45) is 0 Å². The molecule has 1 atom stereocenters. The molecule has 2 rings (SSSR count). The lowest BCUT2D eigenvalue weighted by atomic mass is 10.1. The monoisotopic (exact) mass is 491 g/mol. The van der Waals surface area contributed by atoms with Crippen LogP contribution in [0.2, 0.25) is 0 Å². The van der Waals surface area contributed by atoms with Gasteiger partial charge in [0.2, 0.25) is 21.8 Å². The summed E-state index contributed by atoms with van der Waals surface area (Å²) in [6.07, 6.45) is 1.39. The van der Waals surface area contributed by atoms with Crippen LogP contribution in [0.3, 0.4) is 0 Å². The zero-order chi connectivity index (χ0) is 25.5. The lowest BCUT2D eigenvalue weighted by molar-refractivity contribution is -0.140. The molecule has 0 heterocycles. The number of benzene rings is 2. The third-order valence-electron chi connectivity index (χ3n) is 5.44. The lowest BCUT2D eigenvalue weighted by Gasteiger charge is -2.32. The number of sulfonamides is 1. The Balaban J connectivity index is 2.46. The van der Waals surface area contributed by atoms with Gasteiger partial charge in [0.15, 0.2) is 11.5 Å². The molecule has 2 aromatic rings. The second-order valence-corrected chi connectivity index (χ2v) is 9.76. The number of rotatable bonds is 11. The SMILES string of the molecule is CCC(C(=O)NC)N(Cc1ccc(C)cc1)C(=O)CN(c1ccc(OC)c(OC)c1)S(C)(=O)=O. The molecule has 0 aliphatic rings. The fraction of sp³-hybridized carbons (Fsp3) is 0.417. The van der Waals surface area contributed by atoms with Crippen molar-refractivity contribution < 1.29 is 27.5 Å². The smallest absolute Gasteiger partial charge is 0.244 e. The van der Waals surface area contributed by atoms with Gasteiger partial charge in [-0.2, -0.15) is 0 Å². The number of methoxy groups -OCH3 is 2. The summed E-state index contributed by atoms with van der Waals surface area (Å²) in [7, 11) is 0.582. The Morgan fingerprint density at radius 2 is 1.65 bits per heavy atom. The molecule has 1 unspecified atom stereocenters. The molecule has 2 amide bonds. The van der Waals surface area contributed by atoms with Crippen molar-refractivity contribution in [2.45, 2.75) is 32.9 Å². The molecule has 34 heavy (non-hydrogen) atoms. The second kappa shape index (κ2) is 11.7. The van der Waals surface area contributed by atoms with Crippen LogP contribution in [-0.4, -0.2) is 65.2 Å². The van der Waals surface area contributed by atoms with Crippen molar-refractivity contribution in [3.8, 4) is 11.5 Å². The van der Waals surface area contributed by atoms with Gasteiger partial charge in [-0.15, -0.1) is 0 Å². The highest BCUT2D eigenvalue weighted by molar-refractivity contribution is 7.92. The minimum absolute atomic E-state index is 0.161. The molecule has 1 N–H and O–H groups in total. The number of carbonyl (C=O) groups is 2. The molecule has 0 aliphatic carbocycles. The summed E-state index contributed by atoms with van der Waals surface area (Å²) in [6.45, 7) is 3.44. The van der Waals surface area contributed by atoms with Crippen LogP contribution in [0, 0.1) is 6.92 Å². The summed E-state index contributed by atoms with van der Waals surface area (Å²) in [5.41, 5.74) is 2.15. The largest absolute Gasteiger partial charge is 0.493 e. The van der Waals surface area contributed by atoms with Crippen LogP contribution in [0.4, 0.5) is 5.69 Å². The van der Waals surface area contributed by atoms with Crippen LogP contribution in [0.25, 0.3) is 0 Å². The lowest BCUT2D eigenvalue weighted by Crippen LogP contribution is -2.51. The number of carbonyl (C=O) groups excluding carboxylic acids is 2. The van der Waals surface area contributed by atoms with E-state index >= 15 is 0 Å². The number of anilines is 1. The first-order chi connectivity index (χ1) is 16.0. The van der Waals surface area contributed by atoms with E-state index in [0.29, 0.717) is 17.9 Å². The zero-order valence-electron chi connectivity index (χ0n) is 20.5. The molecule has 0 radical (unpaired) electrons. The van der Waals surface area contributed by atoms with E-state index in [4.69, 9.17) is 9.47 Å². The molecule has 0 saturated carbocycles. The number of amides is 2. The van der Waals surface area contributed by atoms with E-state index in [2.05, 4.69) is 5.32 Å². The number of hydrogen-bond acceptors (Lipinski definition) is 6. The average molecular weight is 492 g/mol. The Morgan fingerprint density at radius 1 is 1.03 bits per heavy atom. The second-order valence-electron chi connectivity index (χ2n) is 7.85. The molecule has 0 fully saturated rings. The van der Waals surface area contributed by atoms with Crippen LogP contribution in [0.1, 0.15) is 24.5 Å². The van der Waals surface area contributed by atoms with Crippen molar-refractivity contribution >= 4 is 27.5 Å². The number of aryl methyl sites for hydroxylation is 1. The number of hydrogen-bond donors (Lipinski definition) is 1. The van der Waals surface area contributed by atoms with E-state index in [9.17, 15) is 18.0 Å². The Hall–Kier alpha value is -3.27. The van der Waals surface area contributed by atoms with Crippen LogP contribution in [0.5, 0.6) is 11.5 Å². The van der Waals surface area contributed by atoms with Crippen molar-refractivity contribution in [3.63, 3.8) is 0 Å².